The molecule has 0 aliphatic carbocycles. The van der Waals surface area contributed by atoms with Crippen LogP contribution in [0.3, 0.4) is 0 Å². The highest BCUT2D eigenvalue weighted by Gasteiger charge is 2.24. The summed E-state index contributed by atoms with van der Waals surface area (Å²) in [5, 5.41) is 3.42. The first-order valence-corrected chi connectivity index (χ1v) is 8.72. The van der Waals surface area contributed by atoms with Gasteiger partial charge in [0.25, 0.3) is 0 Å². The van der Waals surface area contributed by atoms with Crippen LogP contribution >= 0.6 is 12.4 Å². The maximum atomic E-state index is 12.6. The average Bonchev–Trinajstić information content (AvgIpc) is 2.65. The van der Waals surface area contributed by atoms with E-state index in [4.69, 9.17) is 4.74 Å². The third-order valence-corrected chi connectivity index (χ3v) is 4.35. The van der Waals surface area contributed by atoms with E-state index in [1.54, 1.807) is 24.5 Å². The lowest BCUT2D eigenvalue weighted by molar-refractivity contribution is -0.0514. The van der Waals surface area contributed by atoms with E-state index in [1.807, 2.05) is 25.1 Å². The lowest BCUT2D eigenvalue weighted by Gasteiger charge is -2.36. The molecule has 0 radical (unpaired) electrons. The molecule has 1 aromatic carbocycles. The molecule has 1 aliphatic rings. The highest BCUT2D eigenvalue weighted by molar-refractivity contribution is 5.85. The Morgan fingerprint density at radius 3 is 2.70 bits per heavy atom. The van der Waals surface area contributed by atoms with Crippen LogP contribution in [0, 0.1) is 0 Å². The number of nitrogens with one attached hydrogen (secondary N) is 1. The molecule has 8 heteroatoms. The van der Waals surface area contributed by atoms with Gasteiger partial charge in [-0.25, -0.2) is 0 Å². The summed E-state index contributed by atoms with van der Waals surface area (Å²) in [5.41, 5.74) is 2.20. The summed E-state index contributed by atoms with van der Waals surface area (Å²) in [7, 11) is 0. The first kappa shape index (κ1) is 21.3. The molecule has 2 aromatic rings. The van der Waals surface area contributed by atoms with Crippen molar-refractivity contribution in [3.8, 4) is 11.5 Å². The van der Waals surface area contributed by atoms with Gasteiger partial charge in [-0.05, 0) is 42.3 Å². The van der Waals surface area contributed by atoms with Gasteiger partial charge in [0.1, 0.15) is 0 Å². The second-order valence-corrected chi connectivity index (χ2v) is 6.06. The first-order chi connectivity index (χ1) is 12.7. The van der Waals surface area contributed by atoms with E-state index in [-0.39, 0.29) is 24.2 Å². The molecule has 148 valence electrons. The van der Waals surface area contributed by atoms with Gasteiger partial charge >= 0.3 is 6.61 Å². The summed E-state index contributed by atoms with van der Waals surface area (Å²) >= 11 is 0. The van der Waals surface area contributed by atoms with Crippen molar-refractivity contribution >= 4 is 12.4 Å². The zero-order valence-corrected chi connectivity index (χ0v) is 15.9. The van der Waals surface area contributed by atoms with Crippen LogP contribution in [0.25, 0.3) is 0 Å². The topological polar surface area (TPSA) is 46.6 Å². The van der Waals surface area contributed by atoms with Crippen LogP contribution in [-0.4, -0.2) is 42.7 Å². The normalized spacial score (nSPS) is 17.4. The molecule has 0 spiro atoms. The van der Waals surface area contributed by atoms with E-state index in [2.05, 4.69) is 19.9 Å². The van der Waals surface area contributed by atoms with Gasteiger partial charge in [-0.15, -0.1) is 12.4 Å². The Labute approximate surface area is 164 Å². The van der Waals surface area contributed by atoms with Crippen molar-refractivity contribution in [2.24, 2.45) is 0 Å². The predicted molar refractivity (Wildman–Crippen MR) is 102 cm³/mol. The maximum absolute atomic E-state index is 12.6. The summed E-state index contributed by atoms with van der Waals surface area (Å²) in [6, 6.07) is 9.43. The number of hydrogen-bond donors (Lipinski definition) is 1. The molecular weight excluding hydrogens is 376 g/mol. The summed E-state index contributed by atoms with van der Waals surface area (Å²) in [4.78, 5) is 6.45. The molecule has 1 aromatic heterocycles. The van der Waals surface area contributed by atoms with Crippen LogP contribution in [-0.2, 0) is 6.54 Å². The number of alkyl halides is 2. The zero-order valence-electron chi connectivity index (χ0n) is 15.1. The standard InChI is InChI=1S/C19H23F2N3O2.ClH/c1-2-25-18-11-14(3-4-17(18)26-19(20)21)13-24-10-9-23-12-16(24)15-5-7-22-8-6-15;/h3-8,11,16,19,23H,2,9-10,12-13H2,1H3;1H. The quantitative estimate of drug-likeness (QED) is 0.770. The van der Waals surface area contributed by atoms with Gasteiger partial charge in [0.2, 0.25) is 0 Å². The van der Waals surface area contributed by atoms with E-state index in [1.165, 1.54) is 5.56 Å². The van der Waals surface area contributed by atoms with Crippen molar-refractivity contribution < 1.29 is 18.3 Å². The van der Waals surface area contributed by atoms with Crippen molar-refractivity contribution in [3.05, 3.63) is 53.9 Å². The third kappa shape index (κ3) is 5.76. The Bertz CT molecular complexity index is 707. The molecule has 1 fully saturated rings. The van der Waals surface area contributed by atoms with Crippen LogP contribution < -0.4 is 14.8 Å². The molecule has 1 saturated heterocycles. The lowest BCUT2D eigenvalue weighted by Crippen LogP contribution is -2.45. The van der Waals surface area contributed by atoms with Crippen LogP contribution in [0.1, 0.15) is 24.1 Å². The van der Waals surface area contributed by atoms with Crippen LogP contribution in [0.2, 0.25) is 0 Å². The molecule has 0 saturated carbocycles. The minimum absolute atomic E-state index is 0. The zero-order chi connectivity index (χ0) is 18.4. The average molecular weight is 400 g/mol. The molecular formula is C19H24ClF2N3O2. The van der Waals surface area contributed by atoms with Crippen molar-refractivity contribution in [3.63, 3.8) is 0 Å². The number of ether oxygens (including phenoxy) is 2. The fourth-order valence-corrected chi connectivity index (χ4v) is 3.20. The second-order valence-electron chi connectivity index (χ2n) is 6.06. The van der Waals surface area contributed by atoms with Crippen molar-refractivity contribution in [1.82, 2.24) is 15.2 Å². The molecule has 5 nitrogen and oxygen atoms in total. The number of pyridine rings is 1. The molecule has 3 rings (SSSR count). The third-order valence-electron chi connectivity index (χ3n) is 4.35. The van der Waals surface area contributed by atoms with Gasteiger partial charge in [0, 0.05) is 44.6 Å². The Kier molecular flexibility index (Phi) is 8.22. The molecule has 2 heterocycles. The van der Waals surface area contributed by atoms with Crippen LogP contribution in [0.5, 0.6) is 11.5 Å². The Balaban J connectivity index is 0.00000261. The molecule has 1 aliphatic heterocycles. The van der Waals surface area contributed by atoms with E-state index < -0.39 is 6.61 Å². The minimum atomic E-state index is -2.87. The number of nitrogens with zero attached hydrogens (tertiary/aromatic N) is 2. The molecule has 27 heavy (non-hydrogen) atoms. The number of benzene rings is 1. The summed E-state index contributed by atoms with van der Waals surface area (Å²) in [6.07, 6.45) is 3.59. The van der Waals surface area contributed by atoms with E-state index in [0.717, 1.165) is 25.2 Å². The van der Waals surface area contributed by atoms with Gasteiger partial charge in [-0.1, -0.05) is 6.07 Å². The highest BCUT2D eigenvalue weighted by atomic mass is 35.5. The smallest absolute Gasteiger partial charge is 0.387 e. The number of hydrogen-bond acceptors (Lipinski definition) is 5. The molecule has 0 bridgehead atoms. The number of rotatable bonds is 7. The minimum Gasteiger partial charge on any atom is -0.490 e. The van der Waals surface area contributed by atoms with Crippen molar-refractivity contribution in [2.75, 3.05) is 26.2 Å². The number of halogens is 3. The summed E-state index contributed by atoms with van der Waals surface area (Å²) in [5.74, 6) is 0.414. The number of piperazine rings is 1. The number of aromatic nitrogens is 1. The van der Waals surface area contributed by atoms with E-state index in [9.17, 15) is 8.78 Å². The monoisotopic (exact) mass is 399 g/mol. The Hall–Kier alpha value is -1.96. The van der Waals surface area contributed by atoms with Gasteiger partial charge in [-0.3, -0.25) is 9.88 Å². The highest BCUT2D eigenvalue weighted by Crippen LogP contribution is 2.31. The molecule has 0 amide bonds. The fraction of sp³-hybridized carbons (Fsp3) is 0.421. The van der Waals surface area contributed by atoms with E-state index >= 15 is 0 Å². The van der Waals surface area contributed by atoms with Gasteiger partial charge in [0.05, 0.1) is 6.61 Å². The maximum Gasteiger partial charge on any atom is 0.387 e. The summed E-state index contributed by atoms with van der Waals surface area (Å²) in [6.45, 7) is 2.69. The van der Waals surface area contributed by atoms with Gasteiger partial charge in [0.15, 0.2) is 11.5 Å². The lowest BCUT2D eigenvalue weighted by atomic mass is 10.0. The first-order valence-electron chi connectivity index (χ1n) is 8.72. The van der Waals surface area contributed by atoms with Crippen LogP contribution in [0.15, 0.2) is 42.7 Å². The predicted octanol–water partition coefficient (Wildman–Crippen LogP) is 3.65. The second kappa shape index (κ2) is 10.4. The van der Waals surface area contributed by atoms with Gasteiger partial charge in [-0.2, -0.15) is 8.78 Å². The van der Waals surface area contributed by atoms with Crippen molar-refractivity contribution in [1.29, 1.82) is 0 Å². The van der Waals surface area contributed by atoms with Crippen LogP contribution in [0.4, 0.5) is 8.78 Å². The Morgan fingerprint density at radius 1 is 1.22 bits per heavy atom. The van der Waals surface area contributed by atoms with Crippen molar-refractivity contribution in [2.45, 2.75) is 26.1 Å². The largest absolute Gasteiger partial charge is 0.490 e. The fourth-order valence-electron chi connectivity index (χ4n) is 3.20. The van der Waals surface area contributed by atoms with E-state index in [0.29, 0.717) is 18.9 Å². The Morgan fingerprint density at radius 2 is 2.00 bits per heavy atom. The SMILES string of the molecule is CCOc1cc(CN2CCNCC2c2ccncc2)ccc1OC(F)F.Cl. The molecule has 1 unspecified atom stereocenters. The molecule has 1 atom stereocenters. The summed E-state index contributed by atoms with van der Waals surface area (Å²) < 4.78 is 35.1. The van der Waals surface area contributed by atoms with Gasteiger partial charge < -0.3 is 14.8 Å². The molecule has 1 N–H and O–H groups in total.